The first-order valence-corrected chi connectivity index (χ1v) is 6.71. The van der Waals surface area contributed by atoms with Gasteiger partial charge in [0.15, 0.2) is 0 Å². The first kappa shape index (κ1) is 12.9. The molecular formula is C17H16FNO. The minimum atomic E-state index is -0.255. The topological polar surface area (TPSA) is 29.1 Å². The van der Waals surface area contributed by atoms with Gasteiger partial charge in [-0.1, -0.05) is 18.2 Å². The Bertz CT molecular complexity index is 676. The Kier molecular flexibility index (Phi) is 3.05. The molecule has 1 heterocycles. The van der Waals surface area contributed by atoms with Crippen LogP contribution < -0.4 is 5.32 Å². The standard InChI is InChI=1S/C17H16FNO/c1-10-7-15-14(12-3-5-13(18)6-4-12)9-17(20)19-16(15)8-11(10)2/h3-8,14H,9H2,1-2H3,(H,19,20). The number of carbonyl (C=O) groups excluding carboxylic acids is 1. The average Bonchev–Trinajstić information content (AvgIpc) is 2.41. The number of hydrogen-bond donors (Lipinski definition) is 1. The molecule has 0 aliphatic carbocycles. The summed E-state index contributed by atoms with van der Waals surface area (Å²) in [4.78, 5) is 11.9. The van der Waals surface area contributed by atoms with Crippen LogP contribution in [0.4, 0.5) is 10.1 Å². The van der Waals surface area contributed by atoms with Crippen molar-refractivity contribution in [3.8, 4) is 0 Å². The third-order valence-corrected chi connectivity index (χ3v) is 3.98. The molecule has 0 aromatic heterocycles. The van der Waals surface area contributed by atoms with Crippen molar-refractivity contribution in [3.63, 3.8) is 0 Å². The summed E-state index contributed by atoms with van der Waals surface area (Å²) in [7, 11) is 0. The van der Waals surface area contributed by atoms with Gasteiger partial charge in [0.2, 0.25) is 5.91 Å². The summed E-state index contributed by atoms with van der Waals surface area (Å²) in [6.45, 7) is 4.09. The van der Waals surface area contributed by atoms with Crippen molar-refractivity contribution in [2.24, 2.45) is 0 Å². The number of carbonyl (C=O) groups is 1. The van der Waals surface area contributed by atoms with Gasteiger partial charge in [-0.05, 0) is 54.3 Å². The number of benzene rings is 2. The van der Waals surface area contributed by atoms with Crippen LogP contribution in [0.3, 0.4) is 0 Å². The number of rotatable bonds is 1. The summed E-state index contributed by atoms with van der Waals surface area (Å²) in [6.07, 6.45) is 0.404. The van der Waals surface area contributed by atoms with Crippen molar-refractivity contribution in [1.82, 2.24) is 0 Å². The van der Waals surface area contributed by atoms with Crippen LogP contribution in [0.25, 0.3) is 0 Å². The zero-order valence-corrected chi connectivity index (χ0v) is 11.5. The van der Waals surface area contributed by atoms with Crippen LogP contribution in [0.2, 0.25) is 0 Å². The van der Waals surface area contributed by atoms with E-state index in [0.29, 0.717) is 6.42 Å². The summed E-state index contributed by atoms with van der Waals surface area (Å²) in [5.41, 5.74) is 5.32. The molecule has 2 aromatic carbocycles. The fourth-order valence-corrected chi connectivity index (χ4v) is 2.72. The number of halogens is 1. The van der Waals surface area contributed by atoms with E-state index in [4.69, 9.17) is 0 Å². The maximum Gasteiger partial charge on any atom is 0.225 e. The van der Waals surface area contributed by atoms with Crippen molar-refractivity contribution in [3.05, 3.63) is 64.5 Å². The molecule has 1 unspecified atom stereocenters. The minimum absolute atomic E-state index is 0.00125. The lowest BCUT2D eigenvalue weighted by Gasteiger charge is -2.27. The smallest absolute Gasteiger partial charge is 0.225 e. The van der Waals surface area contributed by atoms with E-state index < -0.39 is 0 Å². The van der Waals surface area contributed by atoms with Gasteiger partial charge >= 0.3 is 0 Å². The molecule has 1 aliphatic heterocycles. The monoisotopic (exact) mass is 269 g/mol. The number of fused-ring (bicyclic) bond motifs is 1. The summed E-state index contributed by atoms with van der Waals surface area (Å²) in [5.74, 6) is -0.247. The third kappa shape index (κ3) is 2.20. The molecule has 0 saturated heterocycles. The number of aryl methyl sites for hydroxylation is 2. The van der Waals surface area contributed by atoms with E-state index >= 15 is 0 Å². The summed E-state index contributed by atoms with van der Waals surface area (Å²) < 4.78 is 13.1. The number of amides is 1. The van der Waals surface area contributed by atoms with Crippen LogP contribution in [-0.4, -0.2) is 5.91 Å². The summed E-state index contributed by atoms with van der Waals surface area (Å²) >= 11 is 0. The van der Waals surface area contributed by atoms with E-state index in [1.165, 1.54) is 17.7 Å². The predicted molar refractivity (Wildman–Crippen MR) is 77.4 cm³/mol. The second-order valence-corrected chi connectivity index (χ2v) is 5.38. The zero-order chi connectivity index (χ0) is 14.3. The van der Waals surface area contributed by atoms with Gasteiger partial charge in [-0.2, -0.15) is 0 Å². The largest absolute Gasteiger partial charge is 0.326 e. The fraction of sp³-hybridized carbons (Fsp3) is 0.235. The molecule has 1 atom stereocenters. The Labute approximate surface area is 117 Å². The van der Waals surface area contributed by atoms with E-state index in [9.17, 15) is 9.18 Å². The summed E-state index contributed by atoms with van der Waals surface area (Å²) in [5, 5.41) is 2.93. The molecule has 0 saturated carbocycles. The lowest BCUT2D eigenvalue weighted by Crippen LogP contribution is -2.23. The first-order valence-electron chi connectivity index (χ1n) is 6.71. The molecule has 2 nitrogen and oxygen atoms in total. The van der Waals surface area contributed by atoms with Crippen LogP contribution in [0, 0.1) is 19.7 Å². The van der Waals surface area contributed by atoms with E-state index in [1.807, 2.05) is 13.0 Å². The van der Waals surface area contributed by atoms with Gasteiger partial charge in [0.1, 0.15) is 5.82 Å². The highest BCUT2D eigenvalue weighted by molar-refractivity contribution is 5.95. The molecule has 3 rings (SSSR count). The lowest BCUT2D eigenvalue weighted by molar-refractivity contribution is -0.116. The maximum absolute atomic E-state index is 13.1. The van der Waals surface area contributed by atoms with Crippen molar-refractivity contribution in [1.29, 1.82) is 0 Å². The second kappa shape index (κ2) is 4.75. The first-order chi connectivity index (χ1) is 9.54. The van der Waals surface area contributed by atoms with Gasteiger partial charge in [-0.25, -0.2) is 4.39 Å². The number of hydrogen-bond acceptors (Lipinski definition) is 1. The maximum atomic E-state index is 13.1. The van der Waals surface area contributed by atoms with Gasteiger partial charge in [0.25, 0.3) is 0 Å². The van der Waals surface area contributed by atoms with E-state index in [2.05, 4.69) is 18.3 Å². The average molecular weight is 269 g/mol. The molecule has 1 aliphatic rings. The highest BCUT2D eigenvalue weighted by Gasteiger charge is 2.26. The summed E-state index contributed by atoms with van der Waals surface area (Å²) in [6, 6.07) is 10.6. The lowest BCUT2D eigenvalue weighted by atomic mass is 9.83. The van der Waals surface area contributed by atoms with Crippen molar-refractivity contribution >= 4 is 11.6 Å². The fourth-order valence-electron chi connectivity index (χ4n) is 2.72. The van der Waals surface area contributed by atoms with Crippen molar-refractivity contribution < 1.29 is 9.18 Å². The molecule has 2 aromatic rings. The van der Waals surface area contributed by atoms with Gasteiger partial charge in [0.05, 0.1) is 0 Å². The molecule has 3 heteroatoms. The van der Waals surface area contributed by atoms with Crippen molar-refractivity contribution in [2.45, 2.75) is 26.2 Å². The van der Waals surface area contributed by atoms with E-state index in [-0.39, 0.29) is 17.6 Å². The van der Waals surface area contributed by atoms with Gasteiger partial charge in [-0.3, -0.25) is 4.79 Å². The molecule has 0 spiro atoms. The molecule has 1 amide bonds. The van der Waals surface area contributed by atoms with E-state index in [0.717, 1.165) is 22.4 Å². The Morgan fingerprint density at radius 1 is 1.10 bits per heavy atom. The Hall–Kier alpha value is -2.16. The Morgan fingerprint density at radius 3 is 2.45 bits per heavy atom. The Balaban J connectivity index is 2.12. The van der Waals surface area contributed by atoms with Gasteiger partial charge in [0, 0.05) is 18.0 Å². The molecule has 20 heavy (non-hydrogen) atoms. The molecule has 0 bridgehead atoms. The number of anilines is 1. The quantitative estimate of drug-likeness (QED) is 0.835. The van der Waals surface area contributed by atoms with Crippen LogP contribution in [-0.2, 0) is 4.79 Å². The molecule has 0 radical (unpaired) electrons. The second-order valence-electron chi connectivity index (χ2n) is 5.38. The Morgan fingerprint density at radius 2 is 1.75 bits per heavy atom. The van der Waals surface area contributed by atoms with E-state index in [1.54, 1.807) is 12.1 Å². The van der Waals surface area contributed by atoms with Crippen molar-refractivity contribution in [2.75, 3.05) is 5.32 Å². The minimum Gasteiger partial charge on any atom is -0.326 e. The molecule has 1 N–H and O–H groups in total. The molecule has 102 valence electrons. The van der Waals surface area contributed by atoms with Crippen LogP contribution in [0.1, 0.15) is 34.6 Å². The number of nitrogens with one attached hydrogen (secondary N) is 1. The third-order valence-electron chi connectivity index (χ3n) is 3.98. The van der Waals surface area contributed by atoms with Crippen LogP contribution in [0.5, 0.6) is 0 Å². The predicted octanol–water partition coefficient (Wildman–Crippen LogP) is 3.92. The molecular weight excluding hydrogens is 253 g/mol. The van der Waals surface area contributed by atoms with Crippen LogP contribution >= 0.6 is 0 Å². The SMILES string of the molecule is Cc1cc2c(cc1C)C(c1ccc(F)cc1)CC(=O)N2. The van der Waals surface area contributed by atoms with Crippen LogP contribution in [0.15, 0.2) is 36.4 Å². The molecule has 0 fully saturated rings. The highest BCUT2D eigenvalue weighted by Crippen LogP contribution is 2.38. The van der Waals surface area contributed by atoms with Gasteiger partial charge in [-0.15, -0.1) is 0 Å². The van der Waals surface area contributed by atoms with Gasteiger partial charge < -0.3 is 5.32 Å². The highest BCUT2D eigenvalue weighted by atomic mass is 19.1. The normalized spacial score (nSPS) is 17.6. The zero-order valence-electron chi connectivity index (χ0n) is 11.5.